The summed E-state index contributed by atoms with van der Waals surface area (Å²) in [6.07, 6.45) is -1.09. The molecular formula is C14H14F3N3S. The minimum atomic E-state index is -4.41. The lowest BCUT2D eigenvalue weighted by atomic mass is 9.92. The molecule has 1 aromatic heterocycles. The van der Waals surface area contributed by atoms with Crippen LogP contribution in [0.25, 0.3) is 0 Å². The van der Waals surface area contributed by atoms with Crippen molar-refractivity contribution in [3.8, 4) is 0 Å². The number of nitrogens with zero attached hydrogens (tertiary/aromatic N) is 3. The van der Waals surface area contributed by atoms with Crippen molar-refractivity contribution < 1.29 is 13.2 Å². The largest absolute Gasteiger partial charge is 0.433 e. The molecule has 2 heterocycles. The van der Waals surface area contributed by atoms with Gasteiger partial charge in [-0.2, -0.15) is 13.2 Å². The van der Waals surface area contributed by atoms with Gasteiger partial charge >= 0.3 is 6.18 Å². The average Bonchev–Trinajstić information content (AvgIpc) is 2.69. The van der Waals surface area contributed by atoms with E-state index in [1.807, 2.05) is 4.90 Å². The maximum Gasteiger partial charge on any atom is 0.433 e. The van der Waals surface area contributed by atoms with Crippen molar-refractivity contribution >= 4 is 23.1 Å². The number of anilines is 1. The van der Waals surface area contributed by atoms with Gasteiger partial charge in [0.1, 0.15) is 5.69 Å². The molecule has 0 spiro atoms. The van der Waals surface area contributed by atoms with Crippen LogP contribution in [0, 0.1) is 11.8 Å². The Morgan fingerprint density at radius 2 is 1.95 bits per heavy atom. The van der Waals surface area contributed by atoms with Crippen LogP contribution in [0.4, 0.5) is 18.9 Å². The van der Waals surface area contributed by atoms with Crippen LogP contribution in [0.5, 0.6) is 0 Å². The summed E-state index contributed by atoms with van der Waals surface area (Å²) in [5, 5.41) is 2.45. The van der Waals surface area contributed by atoms with Gasteiger partial charge in [-0.05, 0) is 49.0 Å². The Hall–Kier alpha value is -1.46. The van der Waals surface area contributed by atoms with Crippen LogP contribution in [0.1, 0.15) is 18.5 Å². The van der Waals surface area contributed by atoms with Gasteiger partial charge in [0.05, 0.1) is 11.2 Å². The van der Waals surface area contributed by atoms with E-state index in [1.165, 1.54) is 6.20 Å². The van der Waals surface area contributed by atoms with Crippen molar-refractivity contribution in [2.24, 2.45) is 16.8 Å². The van der Waals surface area contributed by atoms with Crippen molar-refractivity contribution in [3.63, 3.8) is 0 Å². The Morgan fingerprint density at radius 3 is 2.52 bits per heavy atom. The third-order valence-corrected chi connectivity index (χ3v) is 4.49. The number of aromatic nitrogens is 1. The van der Waals surface area contributed by atoms with Crippen molar-refractivity contribution in [2.75, 3.05) is 18.0 Å². The summed E-state index contributed by atoms with van der Waals surface area (Å²) in [6, 6.07) is 2.95. The first-order valence-electron chi connectivity index (χ1n) is 6.84. The van der Waals surface area contributed by atoms with E-state index in [-0.39, 0.29) is 6.04 Å². The highest BCUT2D eigenvalue weighted by molar-refractivity contribution is 7.78. The number of aliphatic imine (C=N–C) groups is 1. The molecule has 1 aliphatic heterocycles. The maximum absolute atomic E-state index is 12.7. The average molecular weight is 313 g/mol. The predicted molar refractivity (Wildman–Crippen MR) is 76.5 cm³/mol. The summed E-state index contributed by atoms with van der Waals surface area (Å²) in [5.74, 6) is 0.698. The second-order valence-corrected chi connectivity index (χ2v) is 5.79. The first kappa shape index (κ1) is 14.5. The molecule has 2 bridgehead atoms. The summed E-state index contributed by atoms with van der Waals surface area (Å²) in [5.41, 5.74) is -0.259. The number of thiocarbonyl (C=S) groups is 1. The summed E-state index contributed by atoms with van der Waals surface area (Å²) in [4.78, 5) is 9.66. The number of isothiocyanates is 1. The Balaban J connectivity index is 1.82. The van der Waals surface area contributed by atoms with E-state index >= 15 is 0 Å². The van der Waals surface area contributed by atoms with Gasteiger partial charge in [-0.25, -0.2) is 4.99 Å². The van der Waals surface area contributed by atoms with E-state index in [9.17, 15) is 13.2 Å². The van der Waals surface area contributed by atoms with E-state index < -0.39 is 11.9 Å². The number of hydrogen-bond acceptors (Lipinski definition) is 4. The number of hydrogen-bond donors (Lipinski definition) is 0. The molecule has 1 saturated carbocycles. The van der Waals surface area contributed by atoms with Crippen LogP contribution >= 0.6 is 12.2 Å². The second kappa shape index (κ2) is 5.39. The number of alkyl halides is 3. The summed E-state index contributed by atoms with van der Waals surface area (Å²) in [7, 11) is 0. The Kier molecular flexibility index (Phi) is 3.71. The van der Waals surface area contributed by atoms with E-state index in [2.05, 4.69) is 27.4 Å². The highest BCUT2D eigenvalue weighted by atomic mass is 32.1. The van der Waals surface area contributed by atoms with Crippen molar-refractivity contribution in [3.05, 3.63) is 24.0 Å². The first-order chi connectivity index (χ1) is 9.99. The van der Waals surface area contributed by atoms with Crippen LogP contribution in [0.2, 0.25) is 0 Å². The molecule has 21 heavy (non-hydrogen) atoms. The van der Waals surface area contributed by atoms with Crippen LogP contribution < -0.4 is 4.90 Å². The number of fused-ring (bicyclic) bond motifs is 2. The number of piperidine rings is 1. The smallest absolute Gasteiger partial charge is 0.371 e. The highest BCUT2D eigenvalue weighted by Gasteiger charge is 2.42. The van der Waals surface area contributed by atoms with E-state index in [0.717, 1.165) is 18.9 Å². The molecule has 1 saturated heterocycles. The van der Waals surface area contributed by atoms with Crippen LogP contribution in [0.3, 0.4) is 0 Å². The highest BCUT2D eigenvalue weighted by Crippen LogP contribution is 2.41. The molecule has 0 radical (unpaired) electrons. The minimum absolute atomic E-state index is 0.183. The molecule has 0 N–H and O–H groups in total. The van der Waals surface area contributed by atoms with E-state index in [1.54, 1.807) is 6.07 Å². The number of pyridine rings is 1. The molecule has 1 aliphatic carbocycles. The molecule has 7 heteroatoms. The summed E-state index contributed by atoms with van der Waals surface area (Å²) >= 11 is 4.68. The molecule has 0 aromatic carbocycles. The van der Waals surface area contributed by atoms with Gasteiger partial charge in [0, 0.05) is 25.0 Å². The zero-order valence-electron chi connectivity index (χ0n) is 11.2. The summed E-state index contributed by atoms with van der Waals surface area (Å²) < 4.78 is 38.2. The lowest BCUT2D eigenvalue weighted by Crippen LogP contribution is -2.44. The lowest BCUT2D eigenvalue weighted by Gasteiger charge is -2.37. The molecule has 1 aromatic rings. The molecular weight excluding hydrogens is 299 g/mol. The molecule has 2 atom stereocenters. The van der Waals surface area contributed by atoms with Crippen LogP contribution in [-0.4, -0.2) is 29.3 Å². The van der Waals surface area contributed by atoms with Crippen molar-refractivity contribution in [1.29, 1.82) is 0 Å². The summed E-state index contributed by atoms with van der Waals surface area (Å²) in [6.45, 7) is 1.42. The second-order valence-electron chi connectivity index (χ2n) is 5.61. The van der Waals surface area contributed by atoms with Crippen molar-refractivity contribution in [1.82, 2.24) is 4.98 Å². The molecule has 112 valence electrons. The lowest BCUT2D eigenvalue weighted by molar-refractivity contribution is -0.141. The molecule has 2 unspecified atom stereocenters. The van der Waals surface area contributed by atoms with Gasteiger partial charge in [0.15, 0.2) is 0 Å². The SMILES string of the molecule is FC(F)(F)c1cc(N2CC3CCC(C2)C3N=C=S)ccn1. The van der Waals surface area contributed by atoms with Gasteiger partial charge in [0.2, 0.25) is 0 Å². The maximum atomic E-state index is 12.7. The van der Waals surface area contributed by atoms with Crippen LogP contribution in [0.15, 0.2) is 23.3 Å². The number of rotatable bonds is 2. The van der Waals surface area contributed by atoms with Gasteiger partial charge in [-0.15, -0.1) is 0 Å². The fourth-order valence-corrected chi connectivity index (χ4v) is 3.57. The monoisotopic (exact) mass is 313 g/mol. The van der Waals surface area contributed by atoms with E-state index in [0.29, 0.717) is 30.6 Å². The molecule has 3 rings (SSSR count). The van der Waals surface area contributed by atoms with Crippen LogP contribution in [-0.2, 0) is 6.18 Å². The number of halogens is 3. The quantitative estimate of drug-likeness (QED) is 0.619. The first-order valence-corrected chi connectivity index (χ1v) is 7.25. The molecule has 2 fully saturated rings. The van der Waals surface area contributed by atoms with Gasteiger partial charge in [-0.1, -0.05) is 0 Å². The fourth-order valence-electron chi connectivity index (χ4n) is 3.45. The topological polar surface area (TPSA) is 28.5 Å². The molecule has 2 aliphatic rings. The van der Waals surface area contributed by atoms with Gasteiger partial charge in [0.25, 0.3) is 0 Å². The van der Waals surface area contributed by atoms with Gasteiger partial charge in [-0.3, -0.25) is 4.98 Å². The van der Waals surface area contributed by atoms with Gasteiger partial charge < -0.3 is 4.90 Å². The Morgan fingerprint density at radius 1 is 1.29 bits per heavy atom. The molecule has 3 nitrogen and oxygen atoms in total. The minimum Gasteiger partial charge on any atom is -0.371 e. The zero-order chi connectivity index (χ0) is 15.0. The zero-order valence-corrected chi connectivity index (χ0v) is 12.0. The standard InChI is InChI=1S/C14H14F3N3S/c15-14(16,17)12-5-11(3-4-18-12)20-6-9-1-2-10(7-20)13(9)19-8-21/h3-5,9-10,13H,1-2,6-7H2. The normalized spacial score (nSPS) is 28.3. The van der Waals surface area contributed by atoms with Crippen molar-refractivity contribution in [2.45, 2.75) is 25.1 Å². The van der Waals surface area contributed by atoms with E-state index in [4.69, 9.17) is 0 Å². The fraction of sp³-hybridized carbons (Fsp3) is 0.571. The molecule has 0 amide bonds. The Bertz CT molecular complexity index is 569. The predicted octanol–water partition coefficient (Wildman–Crippen LogP) is 3.42. The third kappa shape index (κ3) is 2.80. The Labute approximate surface area is 125 Å². The third-order valence-electron chi connectivity index (χ3n) is 4.38.